The van der Waals surface area contributed by atoms with Crippen LogP contribution in [0.4, 0.5) is 0 Å². The Balaban J connectivity index is 1.55. The van der Waals surface area contributed by atoms with Gasteiger partial charge in [0.05, 0.1) is 13.2 Å². The van der Waals surface area contributed by atoms with Gasteiger partial charge in [0.1, 0.15) is 19.6 Å². The van der Waals surface area contributed by atoms with Crippen LogP contribution in [0.15, 0.2) is 65.3 Å². The van der Waals surface area contributed by atoms with E-state index in [0.717, 1.165) is 55.4 Å². The maximum atomic E-state index is 13.3. The predicted molar refractivity (Wildman–Crippen MR) is 137 cm³/mol. The summed E-state index contributed by atoms with van der Waals surface area (Å²) in [5, 5.41) is 0. The van der Waals surface area contributed by atoms with Crippen molar-refractivity contribution in [2.24, 2.45) is 4.99 Å². The van der Waals surface area contributed by atoms with Crippen LogP contribution in [0.5, 0.6) is 0 Å². The second kappa shape index (κ2) is 10.3. The molecule has 1 saturated heterocycles. The van der Waals surface area contributed by atoms with Gasteiger partial charge in [-0.2, -0.15) is 0 Å². The van der Waals surface area contributed by atoms with Crippen LogP contribution >= 0.6 is 0 Å². The summed E-state index contributed by atoms with van der Waals surface area (Å²) in [5.41, 5.74) is 6.75. The number of morpholine rings is 1. The van der Waals surface area contributed by atoms with Gasteiger partial charge < -0.3 is 4.74 Å². The average molecular weight is 458 g/mol. The highest BCUT2D eigenvalue weighted by molar-refractivity contribution is 6.83. The van der Waals surface area contributed by atoms with Crippen LogP contribution in [0.3, 0.4) is 0 Å². The number of rotatable bonds is 5. The Morgan fingerprint density at radius 2 is 1.70 bits per heavy atom. The molecule has 0 radical (unpaired) electrons. The molecule has 0 unspecified atom stereocenters. The Morgan fingerprint density at radius 3 is 2.36 bits per heavy atom. The van der Waals surface area contributed by atoms with Crippen LogP contribution < -0.4 is 0 Å². The van der Waals surface area contributed by atoms with E-state index < -0.39 is 8.07 Å². The summed E-state index contributed by atoms with van der Waals surface area (Å²) < 4.78 is 5.45. The molecule has 2 aliphatic heterocycles. The lowest BCUT2D eigenvalue weighted by molar-refractivity contribution is -0.122. The van der Waals surface area contributed by atoms with Gasteiger partial charge >= 0.3 is 0 Å². The number of carbonyl (C=O) groups excluding carboxylic acids is 1. The van der Waals surface area contributed by atoms with Gasteiger partial charge in [0.2, 0.25) is 0 Å². The Kier molecular flexibility index (Phi) is 7.24. The van der Waals surface area contributed by atoms with Gasteiger partial charge in [-0.1, -0.05) is 68.0 Å². The summed E-state index contributed by atoms with van der Waals surface area (Å²) >= 11 is 0. The highest BCUT2D eigenvalue weighted by Gasteiger charge is 2.31. The molecule has 0 aromatic heterocycles. The van der Waals surface area contributed by atoms with Crippen molar-refractivity contribution in [2.45, 2.75) is 19.6 Å². The lowest BCUT2D eigenvalue weighted by Crippen LogP contribution is -2.43. The van der Waals surface area contributed by atoms with Gasteiger partial charge in [0.25, 0.3) is 5.91 Å². The van der Waals surface area contributed by atoms with Crippen molar-refractivity contribution in [1.29, 1.82) is 0 Å². The van der Waals surface area contributed by atoms with Crippen molar-refractivity contribution in [3.63, 3.8) is 0 Å². The molecule has 0 saturated carbocycles. The molecule has 4 rings (SSSR count). The van der Waals surface area contributed by atoms with Crippen molar-refractivity contribution < 1.29 is 9.53 Å². The number of carbonyl (C=O) groups is 1. The third kappa shape index (κ3) is 6.29. The molecule has 170 valence electrons. The highest BCUT2D eigenvalue weighted by atomic mass is 28.3. The largest absolute Gasteiger partial charge is 0.379 e. The topological polar surface area (TPSA) is 45.1 Å². The second-order valence-corrected chi connectivity index (χ2v) is 14.1. The zero-order valence-corrected chi connectivity index (χ0v) is 20.7. The molecule has 2 aromatic rings. The average Bonchev–Trinajstić information content (AvgIpc) is 3.13. The fourth-order valence-corrected chi connectivity index (χ4v) is 4.23. The van der Waals surface area contributed by atoms with Crippen molar-refractivity contribution in [3.8, 4) is 11.5 Å². The Morgan fingerprint density at radius 1 is 1.00 bits per heavy atom. The molecule has 2 heterocycles. The first-order chi connectivity index (χ1) is 15.9. The maximum absolute atomic E-state index is 13.3. The number of benzene rings is 2. The van der Waals surface area contributed by atoms with Crippen LogP contribution in [0.2, 0.25) is 19.6 Å². The normalized spacial score (nSPS) is 18.3. The second-order valence-electron chi connectivity index (χ2n) is 9.36. The van der Waals surface area contributed by atoms with Crippen molar-refractivity contribution >= 4 is 25.9 Å². The van der Waals surface area contributed by atoms with Crippen molar-refractivity contribution in [2.75, 3.05) is 39.4 Å². The number of amides is 1. The van der Waals surface area contributed by atoms with E-state index in [1.165, 1.54) is 0 Å². The summed E-state index contributed by atoms with van der Waals surface area (Å²) in [5.74, 6) is 3.94. The number of amidine groups is 1. The molecule has 0 N–H and O–H groups in total. The molecule has 33 heavy (non-hydrogen) atoms. The molecule has 1 amide bonds. The smallest absolute Gasteiger partial charge is 0.278 e. The molecule has 1 fully saturated rings. The number of ether oxygens (including phenoxy) is 1. The summed E-state index contributed by atoms with van der Waals surface area (Å²) in [6.07, 6.45) is 1.87. The van der Waals surface area contributed by atoms with Crippen molar-refractivity contribution in [1.82, 2.24) is 9.80 Å². The fourth-order valence-electron chi connectivity index (χ4n) is 3.71. The number of hydrogen-bond donors (Lipinski definition) is 0. The van der Waals surface area contributed by atoms with Gasteiger partial charge in [-0.05, 0) is 23.8 Å². The molecule has 2 aliphatic rings. The van der Waals surface area contributed by atoms with E-state index in [1.54, 1.807) is 0 Å². The SMILES string of the molecule is C[Si](C)(C)C#Cc1ccc(/C=C2\N=C(c3ccccc3)N(CCN3CCOCC3)C2=O)cc1. The predicted octanol–water partition coefficient (Wildman–Crippen LogP) is 3.88. The van der Waals surface area contributed by atoms with E-state index in [4.69, 9.17) is 9.73 Å². The van der Waals surface area contributed by atoms with Gasteiger partial charge in [-0.15, -0.1) is 5.54 Å². The monoisotopic (exact) mass is 457 g/mol. The lowest BCUT2D eigenvalue weighted by atomic mass is 10.1. The zero-order valence-electron chi connectivity index (χ0n) is 19.7. The van der Waals surface area contributed by atoms with Crippen LogP contribution in [0.25, 0.3) is 6.08 Å². The van der Waals surface area contributed by atoms with E-state index in [-0.39, 0.29) is 5.91 Å². The molecule has 0 atom stereocenters. The van der Waals surface area contributed by atoms with E-state index >= 15 is 0 Å². The minimum Gasteiger partial charge on any atom is -0.379 e. The minimum atomic E-state index is -1.41. The van der Waals surface area contributed by atoms with E-state index in [0.29, 0.717) is 12.2 Å². The fraction of sp³-hybridized carbons (Fsp3) is 0.333. The number of aliphatic imine (C=N–C) groups is 1. The third-order valence-corrected chi connectivity index (χ3v) is 6.39. The number of nitrogens with zero attached hydrogens (tertiary/aromatic N) is 3. The summed E-state index contributed by atoms with van der Waals surface area (Å²) in [4.78, 5) is 22.2. The van der Waals surface area contributed by atoms with Crippen LogP contribution in [0.1, 0.15) is 16.7 Å². The molecule has 0 aliphatic carbocycles. The van der Waals surface area contributed by atoms with Gasteiger partial charge in [0.15, 0.2) is 0 Å². The summed E-state index contributed by atoms with van der Waals surface area (Å²) in [7, 11) is -1.41. The minimum absolute atomic E-state index is 0.0512. The zero-order chi connectivity index (χ0) is 23.3. The molecule has 5 nitrogen and oxygen atoms in total. The first kappa shape index (κ1) is 23.2. The first-order valence-electron chi connectivity index (χ1n) is 11.5. The van der Waals surface area contributed by atoms with Crippen molar-refractivity contribution in [3.05, 3.63) is 77.0 Å². The molecular formula is C27H31N3O2Si. The summed E-state index contributed by atoms with van der Waals surface area (Å²) in [6.45, 7) is 11.4. The standard InChI is InChI=1S/C27H31N3O2Si/c1-33(2,3)20-13-22-9-11-23(12-10-22)21-25-27(31)30(15-14-29-16-18-32-19-17-29)26(28-25)24-7-5-4-6-8-24/h4-12,21H,14-19H2,1-3H3/b25-21-. The van der Waals surface area contributed by atoms with Crippen LogP contribution in [0, 0.1) is 11.5 Å². The van der Waals surface area contributed by atoms with Crippen LogP contribution in [-0.4, -0.2) is 69.0 Å². The maximum Gasteiger partial charge on any atom is 0.278 e. The highest BCUT2D eigenvalue weighted by Crippen LogP contribution is 2.22. The molecule has 0 spiro atoms. The Hall–Kier alpha value is -2.98. The van der Waals surface area contributed by atoms with Gasteiger partial charge in [-0.3, -0.25) is 14.6 Å². The van der Waals surface area contributed by atoms with Crippen LogP contribution in [-0.2, 0) is 9.53 Å². The summed E-state index contributed by atoms with van der Waals surface area (Å²) in [6, 6.07) is 18.0. The quantitative estimate of drug-likeness (QED) is 0.389. The van der Waals surface area contributed by atoms with Gasteiger partial charge in [-0.25, -0.2) is 4.99 Å². The van der Waals surface area contributed by atoms with E-state index in [2.05, 4.69) is 36.0 Å². The number of hydrogen-bond acceptors (Lipinski definition) is 4. The van der Waals surface area contributed by atoms with Gasteiger partial charge in [0, 0.05) is 37.3 Å². The molecule has 2 aromatic carbocycles. The Labute approximate surface area is 197 Å². The Bertz CT molecular complexity index is 1100. The first-order valence-corrected chi connectivity index (χ1v) is 15.0. The molecular weight excluding hydrogens is 426 g/mol. The lowest BCUT2D eigenvalue weighted by Gasteiger charge is -2.28. The molecule has 0 bridgehead atoms. The van der Waals surface area contributed by atoms with E-state index in [1.807, 2.05) is 65.6 Å². The molecule has 6 heteroatoms. The third-order valence-electron chi connectivity index (χ3n) is 5.52. The van der Waals surface area contributed by atoms with E-state index in [9.17, 15) is 4.79 Å².